The first kappa shape index (κ1) is 14.3. The zero-order chi connectivity index (χ0) is 15.7. The average Bonchev–Trinajstić information content (AvgIpc) is 2.52. The van der Waals surface area contributed by atoms with Gasteiger partial charge in [-0.05, 0) is 47.9 Å². The molecule has 2 aromatic carbocycles. The Morgan fingerprint density at radius 1 is 1.09 bits per heavy atom. The van der Waals surface area contributed by atoms with Crippen LogP contribution in [0.4, 0.5) is 4.39 Å². The molecule has 0 saturated carbocycles. The van der Waals surface area contributed by atoms with Gasteiger partial charge in [0, 0.05) is 0 Å². The molecule has 4 heteroatoms. The number of ether oxygens (including phenoxy) is 1. The summed E-state index contributed by atoms with van der Waals surface area (Å²) in [5.41, 5.74) is 1.38. The predicted molar refractivity (Wildman–Crippen MR) is 83.0 cm³/mol. The number of rotatable bonds is 3. The van der Waals surface area contributed by atoms with Gasteiger partial charge in [0.05, 0.1) is 5.39 Å². The Hall–Kier alpha value is -2.62. The molecular formula is C18H15FO3. The van der Waals surface area contributed by atoms with Gasteiger partial charge in [0.2, 0.25) is 11.2 Å². The highest BCUT2D eigenvalue weighted by molar-refractivity contribution is 5.78. The van der Waals surface area contributed by atoms with Crippen molar-refractivity contribution in [1.29, 1.82) is 0 Å². The lowest BCUT2D eigenvalue weighted by molar-refractivity contribution is 0.450. The lowest BCUT2D eigenvalue weighted by Gasteiger charge is -2.08. The topological polar surface area (TPSA) is 39.4 Å². The highest BCUT2D eigenvalue weighted by atomic mass is 19.1. The molecule has 0 amide bonds. The number of hydrogen-bond donors (Lipinski definition) is 0. The van der Waals surface area contributed by atoms with E-state index in [0.29, 0.717) is 22.6 Å². The maximum Gasteiger partial charge on any atom is 0.235 e. The Morgan fingerprint density at radius 3 is 2.50 bits per heavy atom. The van der Waals surface area contributed by atoms with Gasteiger partial charge in [0.25, 0.3) is 0 Å². The van der Waals surface area contributed by atoms with Crippen molar-refractivity contribution in [2.75, 3.05) is 0 Å². The normalized spacial score (nSPS) is 11.1. The number of benzene rings is 2. The van der Waals surface area contributed by atoms with Crippen molar-refractivity contribution >= 4 is 11.0 Å². The second kappa shape index (κ2) is 5.64. The highest BCUT2D eigenvalue weighted by Gasteiger charge is 2.10. The van der Waals surface area contributed by atoms with E-state index in [1.807, 2.05) is 12.1 Å². The summed E-state index contributed by atoms with van der Waals surface area (Å²) in [6.45, 7) is 4.15. The fourth-order valence-corrected chi connectivity index (χ4v) is 2.19. The summed E-state index contributed by atoms with van der Waals surface area (Å²) in [5, 5.41) is 0.462. The fraction of sp³-hybridized carbons (Fsp3) is 0.167. The maximum absolute atomic E-state index is 12.9. The summed E-state index contributed by atoms with van der Waals surface area (Å²) in [4.78, 5) is 12.4. The molecule has 112 valence electrons. The summed E-state index contributed by atoms with van der Waals surface area (Å²) in [6.07, 6.45) is 1.29. The van der Waals surface area contributed by atoms with Crippen LogP contribution in [0.2, 0.25) is 0 Å². The highest BCUT2D eigenvalue weighted by Crippen LogP contribution is 2.24. The molecule has 0 N–H and O–H groups in total. The molecule has 3 nitrogen and oxygen atoms in total. The zero-order valence-electron chi connectivity index (χ0n) is 12.3. The van der Waals surface area contributed by atoms with Gasteiger partial charge < -0.3 is 9.15 Å². The van der Waals surface area contributed by atoms with E-state index in [0.717, 1.165) is 5.56 Å². The van der Waals surface area contributed by atoms with Crippen molar-refractivity contribution in [3.63, 3.8) is 0 Å². The van der Waals surface area contributed by atoms with Crippen molar-refractivity contribution in [3.8, 4) is 11.5 Å². The van der Waals surface area contributed by atoms with Crippen molar-refractivity contribution in [3.05, 3.63) is 70.3 Å². The quantitative estimate of drug-likeness (QED) is 0.694. The monoisotopic (exact) mass is 298 g/mol. The molecule has 1 aromatic heterocycles. The maximum atomic E-state index is 12.9. The molecule has 0 radical (unpaired) electrons. The van der Waals surface area contributed by atoms with Gasteiger partial charge >= 0.3 is 0 Å². The summed E-state index contributed by atoms with van der Waals surface area (Å²) < 4.78 is 23.9. The van der Waals surface area contributed by atoms with E-state index in [2.05, 4.69) is 13.8 Å². The molecule has 0 unspecified atom stereocenters. The fourth-order valence-electron chi connectivity index (χ4n) is 2.19. The first-order valence-electron chi connectivity index (χ1n) is 7.03. The molecule has 0 aliphatic carbocycles. The lowest BCUT2D eigenvalue weighted by Crippen LogP contribution is -2.05. The van der Waals surface area contributed by atoms with Gasteiger partial charge in [-0.15, -0.1) is 0 Å². The first-order valence-corrected chi connectivity index (χ1v) is 7.03. The second-order valence-electron chi connectivity index (χ2n) is 5.40. The second-order valence-corrected chi connectivity index (χ2v) is 5.40. The molecular weight excluding hydrogens is 283 g/mol. The SMILES string of the molecule is CC(C)c1ccc2c(=O)c(Oc3ccc(F)cc3)coc2c1. The number of halogens is 1. The van der Waals surface area contributed by atoms with Crippen molar-refractivity contribution in [2.24, 2.45) is 0 Å². The van der Waals surface area contributed by atoms with Gasteiger partial charge in [-0.2, -0.15) is 0 Å². The van der Waals surface area contributed by atoms with E-state index in [9.17, 15) is 9.18 Å². The third-order valence-electron chi connectivity index (χ3n) is 3.48. The molecule has 0 aliphatic heterocycles. The smallest absolute Gasteiger partial charge is 0.235 e. The van der Waals surface area contributed by atoms with Crippen molar-refractivity contribution in [2.45, 2.75) is 19.8 Å². The molecule has 0 saturated heterocycles. The minimum absolute atomic E-state index is 0.0800. The van der Waals surface area contributed by atoms with E-state index < -0.39 is 0 Å². The van der Waals surface area contributed by atoms with Gasteiger partial charge in [0.15, 0.2) is 0 Å². The van der Waals surface area contributed by atoms with Crippen LogP contribution < -0.4 is 10.2 Å². The molecule has 0 spiro atoms. The Labute approximate surface area is 127 Å². The Balaban J connectivity index is 2.01. The van der Waals surface area contributed by atoms with E-state index in [1.165, 1.54) is 30.5 Å². The largest absolute Gasteiger partial charge is 0.460 e. The molecule has 0 atom stereocenters. The molecule has 22 heavy (non-hydrogen) atoms. The van der Waals surface area contributed by atoms with Gasteiger partial charge in [-0.1, -0.05) is 19.9 Å². The van der Waals surface area contributed by atoms with E-state index in [1.54, 1.807) is 6.07 Å². The molecule has 3 rings (SSSR count). The van der Waals surface area contributed by atoms with Crippen LogP contribution in [0.1, 0.15) is 25.3 Å². The Morgan fingerprint density at radius 2 is 1.82 bits per heavy atom. The van der Waals surface area contributed by atoms with Crippen LogP contribution in [0.3, 0.4) is 0 Å². The first-order chi connectivity index (χ1) is 10.5. The van der Waals surface area contributed by atoms with E-state index >= 15 is 0 Å². The van der Waals surface area contributed by atoms with Crippen LogP contribution in [0.25, 0.3) is 11.0 Å². The van der Waals surface area contributed by atoms with Crippen molar-refractivity contribution in [1.82, 2.24) is 0 Å². The summed E-state index contributed by atoms with van der Waals surface area (Å²) in [5.74, 6) is 0.451. The van der Waals surface area contributed by atoms with Crippen LogP contribution in [-0.4, -0.2) is 0 Å². The molecule has 0 aliphatic rings. The molecule has 0 fully saturated rings. The zero-order valence-corrected chi connectivity index (χ0v) is 12.3. The van der Waals surface area contributed by atoms with Crippen LogP contribution in [0.5, 0.6) is 11.5 Å². The number of hydrogen-bond acceptors (Lipinski definition) is 3. The van der Waals surface area contributed by atoms with Gasteiger partial charge in [-0.25, -0.2) is 4.39 Å². The summed E-state index contributed by atoms with van der Waals surface area (Å²) in [7, 11) is 0. The van der Waals surface area contributed by atoms with Crippen LogP contribution in [-0.2, 0) is 0 Å². The Kier molecular flexibility index (Phi) is 3.67. The minimum Gasteiger partial charge on any atom is -0.460 e. The molecule has 0 bridgehead atoms. The van der Waals surface area contributed by atoms with Crippen molar-refractivity contribution < 1.29 is 13.5 Å². The van der Waals surface area contributed by atoms with Crippen LogP contribution in [0.15, 0.2) is 57.9 Å². The van der Waals surface area contributed by atoms with E-state index in [-0.39, 0.29) is 17.0 Å². The minimum atomic E-state index is -0.362. The van der Waals surface area contributed by atoms with Crippen LogP contribution >= 0.6 is 0 Å². The Bertz CT molecular complexity index is 864. The lowest BCUT2D eigenvalue weighted by atomic mass is 10.0. The molecule has 1 heterocycles. The third kappa shape index (κ3) is 2.72. The summed E-state index contributed by atoms with van der Waals surface area (Å²) in [6, 6.07) is 11.0. The standard InChI is InChI=1S/C18H15FO3/c1-11(2)12-3-8-15-16(9-12)21-10-17(18(15)20)22-14-6-4-13(19)5-7-14/h3-11H,1-2H3. The predicted octanol–water partition coefficient (Wildman–Crippen LogP) is 4.85. The van der Waals surface area contributed by atoms with Crippen LogP contribution in [0, 0.1) is 5.82 Å². The van der Waals surface area contributed by atoms with Gasteiger partial charge in [0.1, 0.15) is 23.4 Å². The third-order valence-corrected chi connectivity index (χ3v) is 3.48. The van der Waals surface area contributed by atoms with Gasteiger partial charge in [-0.3, -0.25) is 4.79 Å². The number of fused-ring (bicyclic) bond motifs is 1. The molecule has 3 aromatic rings. The van der Waals surface area contributed by atoms with E-state index in [4.69, 9.17) is 9.15 Å². The summed E-state index contributed by atoms with van der Waals surface area (Å²) >= 11 is 0. The average molecular weight is 298 g/mol.